The van der Waals surface area contributed by atoms with E-state index >= 15 is 0 Å². The third-order valence-corrected chi connectivity index (χ3v) is 5.33. The van der Waals surface area contributed by atoms with Crippen molar-refractivity contribution in [2.75, 3.05) is 26.0 Å². The van der Waals surface area contributed by atoms with Gasteiger partial charge in [0.1, 0.15) is 5.75 Å². The fraction of sp³-hybridized carbons (Fsp3) is 0.409. The Kier molecular flexibility index (Phi) is 5.89. The zero-order valence-corrected chi connectivity index (χ0v) is 16.9. The largest absolute Gasteiger partial charge is 0.496 e. The van der Waals surface area contributed by atoms with Gasteiger partial charge in [-0.25, -0.2) is 0 Å². The highest BCUT2D eigenvalue weighted by Crippen LogP contribution is 2.37. The van der Waals surface area contributed by atoms with Gasteiger partial charge >= 0.3 is 6.18 Å². The normalized spacial score (nSPS) is 17.2. The Morgan fingerprint density at radius 3 is 2.55 bits per heavy atom. The van der Waals surface area contributed by atoms with Crippen LogP contribution in [0.4, 0.5) is 18.9 Å². The molecule has 1 heterocycles. The number of benzene rings is 2. The van der Waals surface area contributed by atoms with E-state index in [-0.39, 0.29) is 17.4 Å². The van der Waals surface area contributed by atoms with E-state index in [1.54, 1.807) is 6.07 Å². The number of nitrogens with zero attached hydrogens (tertiary/aromatic N) is 1. The number of halogens is 3. The molecule has 0 radical (unpaired) electrons. The summed E-state index contributed by atoms with van der Waals surface area (Å²) in [5.41, 5.74) is 1.91. The molecule has 1 amide bonds. The second kappa shape index (κ2) is 8.06. The smallest absolute Gasteiger partial charge is 0.419 e. The molecular formula is C22H25F3N2O2. The highest BCUT2D eigenvalue weighted by Gasteiger charge is 2.35. The monoisotopic (exact) mass is 406 g/mol. The third-order valence-electron chi connectivity index (χ3n) is 5.33. The van der Waals surface area contributed by atoms with E-state index < -0.39 is 17.6 Å². The molecule has 1 unspecified atom stereocenters. The van der Waals surface area contributed by atoms with E-state index in [0.29, 0.717) is 11.6 Å². The number of hydrogen-bond donors (Lipinski definition) is 1. The summed E-state index contributed by atoms with van der Waals surface area (Å²) in [4.78, 5) is 14.9. The number of fused-ring (bicyclic) bond motifs is 1. The number of nitrogens with one attached hydrogen (secondary N) is 1. The molecule has 0 aromatic heterocycles. The first-order chi connectivity index (χ1) is 13.6. The number of ether oxygens (including phenoxy) is 1. The zero-order valence-electron chi connectivity index (χ0n) is 16.9. The number of anilines is 1. The van der Waals surface area contributed by atoms with E-state index in [1.165, 1.54) is 18.7 Å². The van der Waals surface area contributed by atoms with Crippen molar-refractivity contribution in [3.63, 3.8) is 0 Å². The summed E-state index contributed by atoms with van der Waals surface area (Å²) in [5.74, 6) is -0.519. The first kappa shape index (κ1) is 21.2. The second-order valence-electron chi connectivity index (χ2n) is 7.70. The summed E-state index contributed by atoms with van der Waals surface area (Å²) in [6, 6.07) is 9.25. The highest BCUT2D eigenvalue weighted by atomic mass is 19.4. The van der Waals surface area contributed by atoms with Crippen LogP contribution in [0.25, 0.3) is 0 Å². The van der Waals surface area contributed by atoms with E-state index in [2.05, 4.69) is 31.1 Å². The van der Waals surface area contributed by atoms with Crippen molar-refractivity contribution in [1.29, 1.82) is 0 Å². The number of methoxy groups -OCH3 is 1. The molecule has 156 valence electrons. The van der Waals surface area contributed by atoms with E-state index in [1.807, 2.05) is 12.1 Å². The van der Waals surface area contributed by atoms with Crippen molar-refractivity contribution in [3.8, 4) is 5.75 Å². The molecule has 2 aromatic rings. The van der Waals surface area contributed by atoms with Crippen LogP contribution in [0.1, 0.15) is 46.9 Å². The number of carbonyl (C=O) groups is 1. The van der Waals surface area contributed by atoms with Crippen molar-refractivity contribution in [1.82, 2.24) is 4.90 Å². The molecule has 7 heteroatoms. The van der Waals surface area contributed by atoms with Gasteiger partial charge in [-0.05, 0) is 60.8 Å². The standard InChI is InChI=1S/C22H25F3N2O2/c1-13(2)20-17-12-16(7-5-14(17)9-10-27(20)3)26-21(28)15-6-8-19(29-4)18(11-15)22(23,24)25/h5-8,11-13,20H,9-10H2,1-4H3,(H,26,28). The molecule has 1 aliphatic rings. The summed E-state index contributed by atoms with van der Waals surface area (Å²) in [7, 11) is 3.24. The van der Waals surface area contributed by atoms with Gasteiger partial charge in [-0.1, -0.05) is 19.9 Å². The minimum Gasteiger partial charge on any atom is -0.496 e. The molecule has 2 aromatic carbocycles. The highest BCUT2D eigenvalue weighted by molar-refractivity contribution is 6.04. The molecule has 0 saturated heterocycles. The molecule has 0 aliphatic carbocycles. The average Bonchev–Trinajstić information content (AvgIpc) is 2.66. The summed E-state index contributed by atoms with van der Waals surface area (Å²) in [6.45, 7) is 5.27. The lowest BCUT2D eigenvalue weighted by molar-refractivity contribution is -0.138. The van der Waals surface area contributed by atoms with E-state index in [0.717, 1.165) is 30.7 Å². The van der Waals surface area contributed by atoms with Crippen LogP contribution in [0.2, 0.25) is 0 Å². The van der Waals surface area contributed by atoms with Crippen molar-refractivity contribution in [3.05, 3.63) is 58.7 Å². The summed E-state index contributed by atoms with van der Waals surface area (Å²) >= 11 is 0. The predicted octanol–water partition coefficient (Wildman–Crippen LogP) is 5.15. The Morgan fingerprint density at radius 2 is 1.93 bits per heavy atom. The molecule has 3 rings (SSSR count). The number of amides is 1. The molecular weight excluding hydrogens is 381 g/mol. The van der Waals surface area contributed by atoms with Gasteiger partial charge in [-0.2, -0.15) is 13.2 Å². The number of likely N-dealkylation sites (N-methyl/N-ethyl adjacent to an activating group) is 1. The molecule has 29 heavy (non-hydrogen) atoms. The third kappa shape index (κ3) is 4.40. The maximum absolute atomic E-state index is 13.2. The molecule has 0 saturated carbocycles. The summed E-state index contributed by atoms with van der Waals surface area (Å²) in [5, 5.41) is 2.73. The van der Waals surface area contributed by atoms with Crippen molar-refractivity contribution >= 4 is 11.6 Å². The van der Waals surface area contributed by atoms with Gasteiger partial charge < -0.3 is 10.1 Å². The van der Waals surface area contributed by atoms with Gasteiger partial charge in [0.15, 0.2) is 0 Å². The molecule has 0 fully saturated rings. The van der Waals surface area contributed by atoms with Crippen LogP contribution in [0, 0.1) is 5.92 Å². The predicted molar refractivity (Wildman–Crippen MR) is 106 cm³/mol. The molecule has 4 nitrogen and oxygen atoms in total. The molecule has 1 N–H and O–H groups in total. The number of rotatable bonds is 4. The van der Waals surface area contributed by atoms with Crippen molar-refractivity contribution in [2.45, 2.75) is 32.5 Å². The fourth-order valence-electron chi connectivity index (χ4n) is 3.99. The Balaban J connectivity index is 1.89. The molecule has 0 bridgehead atoms. The van der Waals surface area contributed by atoms with Gasteiger partial charge in [-0.3, -0.25) is 9.69 Å². The van der Waals surface area contributed by atoms with Gasteiger partial charge in [0.05, 0.1) is 12.7 Å². The van der Waals surface area contributed by atoms with Gasteiger partial charge in [0.2, 0.25) is 0 Å². The average molecular weight is 406 g/mol. The maximum Gasteiger partial charge on any atom is 0.419 e. The summed E-state index contributed by atoms with van der Waals surface area (Å²) < 4.78 is 44.5. The Bertz CT molecular complexity index is 909. The minimum atomic E-state index is -4.61. The topological polar surface area (TPSA) is 41.6 Å². The van der Waals surface area contributed by atoms with Crippen molar-refractivity contribution < 1.29 is 22.7 Å². The molecule has 1 aliphatic heterocycles. The minimum absolute atomic E-state index is 0.0756. The number of hydrogen-bond acceptors (Lipinski definition) is 3. The SMILES string of the molecule is COc1ccc(C(=O)Nc2ccc3c(c2)C(C(C)C)N(C)CC3)cc1C(F)(F)F. The maximum atomic E-state index is 13.2. The fourth-order valence-corrected chi connectivity index (χ4v) is 3.99. The number of carbonyl (C=O) groups excluding carboxylic acids is 1. The van der Waals surface area contributed by atoms with Crippen LogP contribution >= 0.6 is 0 Å². The van der Waals surface area contributed by atoms with Gasteiger partial charge in [0.25, 0.3) is 5.91 Å². The lowest BCUT2D eigenvalue weighted by atomic mass is 9.86. The second-order valence-corrected chi connectivity index (χ2v) is 7.70. The molecule has 0 spiro atoms. The van der Waals surface area contributed by atoms with Gasteiger partial charge in [-0.15, -0.1) is 0 Å². The van der Waals surface area contributed by atoms with Crippen molar-refractivity contribution in [2.24, 2.45) is 5.92 Å². The van der Waals surface area contributed by atoms with Gasteiger partial charge in [0, 0.05) is 23.8 Å². The van der Waals surface area contributed by atoms with Crippen LogP contribution in [-0.4, -0.2) is 31.5 Å². The lowest BCUT2D eigenvalue weighted by Crippen LogP contribution is -2.35. The Hall–Kier alpha value is -2.54. The first-order valence-corrected chi connectivity index (χ1v) is 9.51. The lowest BCUT2D eigenvalue weighted by Gasteiger charge is -2.37. The quantitative estimate of drug-likeness (QED) is 0.763. The first-order valence-electron chi connectivity index (χ1n) is 9.51. The van der Waals surface area contributed by atoms with Crippen LogP contribution in [-0.2, 0) is 12.6 Å². The Labute approximate surface area is 168 Å². The van der Waals surface area contributed by atoms with Crippen LogP contribution in [0.5, 0.6) is 5.75 Å². The number of alkyl halides is 3. The Morgan fingerprint density at radius 1 is 1.21 bits per heavy atom. The van der Waals surface area contributed by atoms with Crippen LogP contribution < -0.4 is 10.1 Å². The summed E-state index contributed by atoms with van der Waals surface area (Å²) in [6.07, 6.45) is -3.68. The zero-order chi connectivity index (χ0) is 21.3. The molecule has 1 atom stereocenters. The van der Waals surface area contributed by atoms with Crippen LogP contribution in [0.15, 0.2) is 36.4 Å². The van der Waals surface area contributed by atoms with Crippen LogP contribution in [0.3, 0.4) is 0 Å². The van der Waals surface area contributed by atoms with E-state index in [9.17, 15) is 18.0 Å². The van der Waals surface area contributed by atoms with E-state index in [4.69, 9.17) is 4.74 Å².